The highest BCUT2D eigenvalue weighted by atomic mass is 16.6. The highest BCUT2D eigenvalue weighted by molar-refractivity contribution is 5.80. The minimum atomic E-state index is -0.555. The summed E-state index contributed by atoms with van der Waals surface area (Å²) in [7, 11) is 0. The lowest BCUT2D eigenvalue weighted by Crippen LogP contribution is -2.34. The Hall–Kier alpha value is -3.80. The van der Waals surface area contributed by atoms with E-state index in [1.165, 1.54) is 0 Å². The molecule has 0 heterocycles. The molecule has 6 heteroatoms. The molecule has 1 N–H and O–H groups in total. The van der Waals surface area contributed by atoms with Crippen LogP contribution in [-0.2, 0) is 11.3 Å². The largest absolute Gasteiger partial charge is 0.492 e. The van der Waals surface area contributed by atoms with Gasteiger partial charge < -0.3 is 19.5 Å². The molecule has 172 valence electrons. The van der Waals surface area contributed by atoms with Gasteiger partial charge in [0, 0.05) is 5.56 Å². The molecular formula is C27H29NO5. The summed E-state index contributed by atoms with van der Waals surface area (Å²) in [6, 6.07) is 23.0. The lowest BCUT2D eigenvalue weighted by atomic mass is 10.0. The van der Waals surface area contributed by atoms with Crippen molar-refractivity contribution in [2.75, 3.05) is 13.2 Å². The molecule has 0 aliphatic heterocycles. The average Bonchev–Trinajstić information content (AvgIpc) is 2.80. The van der Waals surface area contributed by atoms with Crippen LogP contribution in [0.3, 0.4) is 0 Å². The molecule has 0 fully saturated rings. The second-order valence-corrected chi connectivity index (χ2v) is 8.48. The van der Waals surface area contributed by atoms with E-state index in [2.05, 4.69) is 5.32 Å². The smallest absolute Gasteiger partial charge is 0.407 e. The molecule has 0 atom stereocenters. The molecule has 0 saturated heterocycles. The van der Waals surface area contributed by atoms with Crippen molar-refractivity contribution in [1.29, 1.82) is 0 Å². The predicted octanol–water partition coefficient (Wildman–Crippen LogP) is 5.65. The van der Waals surface area contributed by atoms with Crippen molar-refractivity contribution in [2.24, 2.45) is 0 Å². The third-order valence-electron chi connectivity index (χ3n) is 4.54. The maximum atomic E-state index is 11.7. The molecule has 0 spiro atoms. The summed E-state index contributed by atoms with van der Waals surface area (Å²) in [6.07, 6.45) is 0.287. The lowest BCUT2D eigenvalue weighted by Gasteiger charge is -2.19. The van der Waals surface area contributed by atoms with Gasteiger partial charge in [0.25, 0.3) is 0 Å². The number of carbonyl (C=O) groups excluding carboxylic acids is 2. The zero-order valence-electron chi connectivity index (χ0n) is 19.2. The van der Waals surface area contributed by atoms with Crippen molar-refractivity contribution in [2.45, 2.75) is 33.0 Å². The number of carbonyl (C=O) groups is 2. The van der Waals surface area contributed by atoms with E-state index in [0.29, 0.717) is 17.9 Å². The molecule has 3 aromatic rings. The molecule has 0 aliphatic rings. The van der Waals surface area contributed by atoms with E-state index in [0.717, 1.165) is 28.7 Å². The predicted molar refractivity (Wildman–Crippen MR) is 128 cm³/mol. The highest BCUT2D eigenvalue weighted by Gasteiger charge is 2.15. The van der Waals surface area contributed by atoms with Gasteiger partial charge in [-0.05, 0) is 67.8 Å². The van der Waals surface area contributed by atoms with Crippen LogP contribution in [0, 0.1) is 0 Å². The van der Waals surface area contributed by atoms with Gasteiger partial charge in [0.2, 0.25) is 0 Å². The molecule has 0 aromatic heterocycles. The Balaban J connectivity index is 1.59. The van der Waals surface area contributed by atoms with Gasteiger partial charge in [-0.1, -0.05) is 42.5 Å². The standard InChI is InChI=1S/C27H29NO5/c1-27(2,3)33-26(30)28-13-14-31-25-16-21(18-29)15-23(17-25)22-9-11-24(12-10-22)32-19-20-7-5-4-6-8-20/h4-12,15-18H,13-14,19H2,1-3H3,(H,28,30). The Labute approximate surface area is 194 Å². The molecular weight excluding hydrogens is 418 g/mol. The second-order valence-electron chi connectivity index (χ2n) is 8.48. The number of hydrogen-bond acceptors (Lipinski definition) is 5. The fraction of sp³-hybridized carbons (Fsp3) is 0.259. The van der Waals surface area contributed by atoms with E-state index in [1.807, 2.05) is 60.7 Å². The van der Waals surface area contributed by atoms with Crippen LogP contribution in [0.1, 0.15) is 36.7 Å². The Morgan fingerprint density at radius 1 is 0.879 bits per heavy atom. The lowest BCUT2D eigenvalue weighted by molar-refractivity contribution is 0.0520. The van der Waals surface area contributed by atoms with Crippen molar-refractivity contribution in [3.8, 4) is 22.6 Å². The number of rotatable bonds is 9. The van der Waals surface area contributed by atoms with Gasteiger partial charge in [-0.3, -0.25) is 4.79 Å². The van der Waals surface area contributed by atoms with E-state index < -0.39 is 11.7 Å². The molecule has 0 bridgehead atoms. The van der Waals surface area contributed by atoms with Crippen molar-refractivity contribution in [3.05, 3.63) is 83.9 Å². The first-order valence-electron chi connectivity index (χ1n) is 10.8. The number of nitrogens with one attached hydrogen (secondary N) is 1. The van der Waals surface area contributed by atoms with Crippen molar-refractivity contribution < 1.29 is 23.8 Å². The SMILES string of the molecule is CC(C)(C)OC(=O)NCCOc1cc(C=O)cc(-c2ccc(OCc3ccccc3)cc2)c1. The number of hydrogen-bond donors (Lipinski definition) is 1. The van der Waals surface area contributed by atoms with Crippen LogP contribution in [0.5, 0.6) is 11.5 Å². The van der Waals surface area contributed by atoms with Crippen LogP contribution in [0.4, 0.5) is 4.79 Å². The Kier molecular flexibility index (Phi) is 8.08. The van der Waals surface area contributed by atoms with Crippen LogP contribution in [0.15, 0.2) is 72.8 Å². The van der Waals surface area contributed by atoms with Gasteiger partial charge in [-0.2, -0.15) is 0 Å². The molecule has 0 aliphatic carbocycles. The van der Waals surface area contributed by atoms with Gasteiger partial charge in [0.1, 0.15) is 36.6 Å². The van der Waals surface area contributed by atoms with Gasteiger partial charge in [-0.15, -0.1) is 0 Å². The van der Waals surface area contributed by atoms with E-state index in [4.69, 9.17) is 14.2 Å². The number of aldehydes is 1. The average molecular weight is 448 g/mol. The number of alkyl carbamates (subject to hydrolysis) is 1. The summed E-state index contributed by atoms with van der Waals surface area (Å²) in [4.78, 5) is 23.1. The summed E-state index contributed by atoms with van der Waals surface area (Å²) >= 11 is 0. The molecule has 6 nitrogen and oxygen atoms in total. The van der Waals surface area contributed by atoms with Crippen molar-refractivity contribution >= 4 is 12.4 Å². The number of benzene rings is 3. The third-order valence-corrected chi connectivity index (χ3v) is 4.54. The highest BCUT2D eigenvalue weighted by Crippen LogP contribution is 2.27. The molecule has 3 aromatic carbocycles. The van der Waals surface area contributed by atoms with E-state index in [1.54, 1.807) is 32.9 Å². The molecule has 3 rings (SSSR count). The Bertz CT molecular complexity index is 1060. The maximum Gasteiger partial charge on any atom is 0.407 e. The fourth-order valence-corrected chi connectivity index (χ4v) is 3.06. The summed E-state index contributed by atoms with van der Waals surface area (Å²) < 4.78 is 16.8. The Morgan fingerprint density at radius 2 is 1.61 bits per heavy atom. The zero-order valence-corrected chi connectivity index (χ0v) is 19.2. The molecule has 0 unspecified atom stereocenters. The van der Waals surface area contributed by atoms with E-state index in [9.17, 15) is 9.59 Å². The maximum absolute atomic E-state index is 11.7. The Morgan fingerprint density at radius 3 is 2.27 bits per heavy atom. The third kappa shape index (κ3) is 8.00. The van der Waals surface area contributed by atoms with E-state index >= 15 is 0 Å². The first-order valence-corrected chi connectivity index (χ1v) is 10.8. The molecule has 0 radical (unpaired) electrons. The summed E-state index contributed by atoms with van der Waals surface area (Å²) in [5, 5.41) is 2.64. The first-order chi connectivity index (χ1) is 15.8. The second kappa shape index (κ2) is 11.2. The molecule has 0 saturated carbocycles. The summed E-state index contributed by atoms with van der Waals surface area (Å²) in [5.41, 5.74) is 2.84. The van der Waals surface area contributed by atoms with Crippen molar-refractivity contribution in [3.63, 3.8) is 0 Å². The van der Waals surface area contributed by atoms with Gasteiger partial charge in [0.05, 0.1) is 6.54 Å². The summed E-state index contributed by atoms with van der Waals surface area (Å²) in [5.74, 6) is 1.31. The van der Waals surface area contributed by atoms with Gasteiger partial charge >= 0.3 is 6.09 Å². The van der Waals surface area contributed by atoms with Crippen LogP contribution in [0.2, 0.25) is 0 Å². The molecule has 33 heavy (non-hydrogen) atoms. The number of ether oxygens (including phenoxy) is 3. The van der Waals surface area contributed by atoms with Gasteiger partial charge in [-0.25, -0.2) is 4.79 Å². The summed E-state index contributed by atoms with van der Waals surface area (Å²) in [6.45, 7) is 6.43. The van der Waals surface area contributed by atoms with Crippen LogP contribution < -0.4 is 14.8 Å². The van der Waals surface area contributed by atoms with E-state index in [-0.39, 0.29) is 13.2 Å². The topological polar surface area (TPSA) is 73.9 Å². The van der Waals surface area contributed by atoms with Crippen LogP contribution in [0.25, 0.3) is 11.1 Å². The van der Waals surface area contributed by atoms with Gasteiger partial charge in [0.15, 0.2) is 0 Å². The van der Waals surface area contributed by atoms with Crippen molar-refractivity contribution in [1.82, 2.24) is 5.32 Å². The number of amides is 1. The minimum absolute atomic E-state index is 0.243. The monoisotopic (exact) mass is 447 g/mol. The van der Waals surface area contributed by atoms with Crippen LogP contribution in [-0.4, -0.2) is 31.1 Å². The van der Waals surface area contributed by atoms with Crippen LogP contribution >= 0.6 is 0 Å². The first kappa shape index (κ1) is 23.9. The molecule has 1 amide bonds. The minimum Gasteiger partial charge on any atom is -0.492 e. The quantitative estimate of drug-likeness (QED) is 0.339. The normalized spacial score (nSPS) is 10.9. The zero-order chi connectivity index (χ0) is 23.7. The fourth-order valence-electron chi connectivity index (χ4n) is 3.06.